The van der Waals surface area contributed by atoms with Gasteiger partial charge in [-0.2, -0.15) is 0 Å². The van der Waals surface area contributed by atoms with Gasteiger partial charge in [0.25, 0.3) is 0 Å². The van der Waals surface area contributed by atoms with Crippen molar-refractivity contribution < 1.29 is 4.39 Å². The lowest BCUT2D eigenvalue weighted by atomic mass is 10.0. The van der Waals surface area contributed by atoms with Gasteiger partial charge < -0.3 is 4.57 Å². The number of aryl methyl sites for hydroxylation is 2. The predicted octanol–water partition coefficient (Wildman–Crippen LogP) is 4.93. The first-order valence-corrected chi connectivity index (χ1v) is 8.91. The largest absolute Gasteiger partial charge is 0.350 e. The highest BCUT2D eigenvalue weighted by Crippen LogP contribution is 2.33. The molecule has 0 saturated carbocycles. The maximum absolute atomic E-state index is 13.4. The van der Waals surface area contributed by atoms with E-state index in [-0.39, 0.29) is 11.9 Å². The quantitative estimate of drug-likeness (QED) is 0.659. The second-order valence-corrected chi connectivity index (χ2v) is 6.89. The summed E-state index contributed by atoms with van der Waals surface area (Å²) < 4.78 is 15.8. The lowest BCUT2D eigenvalue weighted by Gasteiger charge is -2.30. The molecule has 0 bridgehead atoms. The average Bonchev–Trinajstić information content (AvgIpc) is 2.98. The highest BCUT2D eigenvalue weighted by molar-refractivity contribution is 5.31. The molecule has 128 valence electrons. The molecule has 3 heteroatoms. The minimum Gasteiger partial charge on any atom is -0.350 e. The topological polar surface area (TPSA) is 8.17 Å². The fraction of sp³-hybridized carbons (Fsp3) is 0.273. The van der Waals surface area contributed by atoms with E-state index in [4.69, 9.17) is 0 Å². The zero-order valence-corrected chi connectivity index (χ0v) is 14.5. The van der Waals surface area contributed by atoms with E-state index in [1.165, 1.54) is 16.8 Å². The van der Waals surface area contributed by atoms with Crippen LogP contribution in [0.15, 0.2) is 66.9 Å². The molecular weight excluding hydrogens is 311 g/mol. The SMILES string of the molecule is Cc1cccc(CN2CCCn3cccc3[C@@H]2c2ccc(F)cc2)c1. The van der Waals surface area contributed by atoms with Crippen LogP contribution in [0.1, 0.15) is 34.8 Å². The standard InChI is InChI=1S/C22H23FN2/c1-17-5-2-6-18(15-17)16-25-14-4-13-24-12-3-7-21(24)22(25)19-8-10-20(23)11-9-19/h2-3,5-12,15,22H,4,13-14,16H2,1H3/t22-/m0/s1. The molecule has 0 N–H and O–H groups in total. The summed E-state index contributed by atoms with van der Waals surface area (Å²) in [5.41, 5.74) is 5.05. The minimum absolute atomic E-state index is 0.151. The third kappa shape index (κ3) is 3.38. The fourth-order valence-electron chi connectivity index (χ4n) is 3.88. The van der Waals surface area contributed by atoms with Crippen LogP contribution < -0.4 is 0 Å². The molecule has 1 aliphatic rings. The Morgan fingerprint density at radius 3 is 2.64 bits per heavy atom. The first kappa shape index (κ1) is 16.1. The smallest absolute Gasteiger partial charge is 0.123 e. The molecule has 0 radical (unpaired) electrons. The van der Waals surface area contributed by atoms with Crippen molar-refractivity contribution in [3.05, 3.63) is 95.1 Å². The number of benzene rings is 2. The Labute approximate surface area is 148 Å². The Bertz CT molecular complexity index is 850. The molecule has 0 unspecified atom stereocenters. The monoisotopic (exact) mass is 334 g/mol. The fourth-order valence-corrected chi connectivity index (χ4v) is 3.88. The summed E-state index contributed by atoms with van der Waals surface area (Å²) in [6, 6.07) is 20.1. The number of rotatable bonds is 3. The molecule has 4 rings (SSSR count). The van der Waals surface area contributed by atoms with Crippen molar-refractivity contribution in [3.8, 4) is 0 Å². The average molecular weight is 334 g/mol. The molecule has 0 spiro atoms. The molecule has 0 fully saturated rings. The van der Waals surface area contributed by atoms with E-state index >= 15 is 0 Å². The lowest BCUT2D eigenvalue weighted by molar-refractivity contribution is 0.220. The van der Waals surface area contributed by atoms with Gasteiger partial charge in [0.1, 0.15) is 5.82 Å². The Hall–Kier alpha value is -2.39. The zero-order chi connectivity index (χ0) is 17.2. The molecule has 0 saturated heterocycles. The Kier molecular flexibility index (Phi) is 4.41. The summed E-state index contributed by atoms with van der Waals surface area (Å²) in [7, 11) is 0. The van der Waals surface area contributed by atoms with Crippen molar-refractivity contribution in [1.82, 2.24) is 9.47 Å². The lowest BCUT2D eigenvalue weighted by Crippen LogP contribution is -2.29. The molecule has 2 heterocycles. The van der Waals surface area contributed by atoms with Gasteiger partial charge in [-0.1, -0.05) is 42.0 Å². The van der Waals surface area contributed by atoms with Gasteiger partial charge in [0, 0.05) is 31.5 Å². The van der Waals surface area contributed by atoms with Crippen molar-refractivity contribution in [2.24, 2.45) is 0 Å². The van der Waals surface area contributed by atoms with Gasteiger partial charge in [-0.25, -0.2) is 4.39 Å². The van der Waals surface area contributed by atoms with Crippen LogP contribution in [0.4, 0.5) is 4.39 Å². The second-order valence-electron chi connectivity index (χ2n) is 6.89. The number of aromatic nitrogens is 1. The molecule has 1 atom stereocenters. The molecule has 3 aromatic rings. The van der Waals surface area contributed by atoms with Gasteiger partial charge in [0.2, 0.25) is 0 Å². The normalized spacial score (nSPS) is 17.9. The number of nitrogens with zero attached hydrogens (tertiary/aromatic N) is 2. The van der Waals surface area contributed by atoms with Crippen LogP contribution in [0.25, 0.3) is 0 Å². The summed E-state index contributed by atoms with van der Waals surface area (Å²) in [4.78, 5) is 2.51. The molecule has 2 aromatic carbocycles. The first-order valence-electron chi connectivity index (χ1n) is 8.91. The Morgan fingerprint density at radius 2 is 1.84 bits per heavy atom. The summed E-state index contributed by atoms with van der Waals surface area (Å²) >= 11 is 0. The second kappa shape index (κ2) is 6.85. The first-order chi connectivity index (χ1) is 12.2. The van der Waals surface area contributed by atoms with Crippen LogP contribution >= 0.6 is 0 Å². The number of fused-ring (bicyclic) bond motifs is 1. The van der Waals surface area contributed by atoms with Crippen LogP contribution in [-0.4, -0.2) is 16.0 Å². The number of halogens is 1. The van der Waals surface area contributed by atoms with Gasteiger partial charge >= 0.3 is 0 Å². The summed E-state index contributed by atoms with van der Waals surface area (Å²) in [6.45, 7) is 5.09. The van der Waals surface area contributed by atoms with Crippen LogP contribution in [0, 0.1) is 12.7 Å². The maximum atomic E-state index is 13.4. The Morgan fingerprint density at radius 1 is 1.00 bits per heavy atom. The van der Waals surface area contributed by atoms with Gasteiger partial charge in [-0.15, -0.1) is 0 Å². The molecule has 1 aliphatic heterocycles. The summed E-state index contributed by atoms with van der Waals surface area (Å²) in [5.74, 6) is -0.182. The van der Waals surface area contributed by atoms with E-state index in [9.17, 15) is 4.39 Å². The van der Waals surface area contributed by atoms with Crippen LogP contribution in [0.3, 0.4) is 0 Å². The van der Waals surface area contributed by atoms with Crippen molar-refractivity contribution in [3.63, 3.8) is 0 Å². The van der Waals surface area contributed by atoms with Gasteiger partial charge in [0.05, 0.1) is 6.04 Å². The van der Waals surface area contributed by atoms with Crippen molar-refractivity contribution >= 4 is 0 Å². The van der Waals surface area contributed by atoms with Gasteiger partial charge in [-0.05, 0) is 48.7 Å². The van der Waals surface area contributed by atoms with E-state index in [2.05, 4.69) is 59.0 Å². The third-order valence-corrected chi connectivity index (χ3v) is 5.01. The van der Waals surface area contributed by atoms with Crippen molar-refractivity contribution in [2.45, 2.75) is 32.5 Å². The van der Waals surface area contributed by atoms with E-state index in [0.29, 0.717) is 0 Å². The number of hydrogen-bond acceptors (Lipinski definition) is 1. The molecular formula is C22H23FN2. The maximum Gasteiger partial charge on any atom is 0.123 e. The van der Waals surface area contributed by atoms with Gasteiger partial charge in [0.15, 0.2) is 0 Å². The molecule has 2 nitrogen and oxygen atoms in total. The van der Waals surface area contributed by atoms with E-state index in [1.54, 1.807) is 12.1 Å². The molecule has 1 aromatic heterocycles. The highest BCUT2D eigenvalue weighted by atomic mass is 19.1. The number of hydrogen-bond donors (Lipinski definition) is 0. The summed E-state index contributed by atoms with van der Waals surface area (Å²) in [6.07, 6.45) is 3.27. The van der Waals surface area contributed by atoms with E-state index in [1.807, 2.05) is 12.1 Å². The van der Waals surface area contributed by atoms with E-state index in [0.717, 1.165) is 31.6 Å². The van der Waals surface area contributed by atoms with Crippen molar-refractivity contribution in [2.75, 3.05) is 6.54 Å². The third-order valence-electron chi connectivity index (χ3n) is 5.01. The van der Waals surface area contributed by atoms with Crippen LogP contribution in [0.5, 0.6) is 0 Å². The van der Waals surface area contributed by atoms with Crippen LogP contribution in [0.2, 0.25) is 0 Å². The van der Waals surface area contributed by atoms with Gasteiger partial charge in [-0.3, -0.25) is 4.90 Å². The molecule has 25 heavy (non-hydrogen) atoms. The summed E-state index contributed by atoms with van der Waals surface area (Å²) in [5, 5.41) is 0. The van der Waals surface area contributed by atoms with Crippen LogP contribution in [-0.2, 0) is 13.1 Å². The van der Waals surface area contributed by atoms with Crippen molar-refractivity contribution in [1.29, 1.82) is 0 Å². The minimum atomic E-state index is -0.182. The molecule has 0 amide bonds. The Balaban J connectivity index is 1.73. The zero-order valence-electron chi connectivity index (χ0n) is 14.5. The molecule has 0 aliphatic carbocycles. The predicted molar refractivity (Wildman–Crippen MR) is 98.9 cm³/mol. The highest BCUT2D eigenvalue weighted by Gasteiger charge is 2.27. The van der Waals surface area contributed by atoms with E-state index < -0.39 is 0 Å².